The first-order chi connectivity index (χ1) is 14.3. The average molecular weight is 450 g/mol. The first-order valence-corrected chi connectivity index (χ1v) is 9.80. The van der Waals surface area contributed by atoms with Crippen LogP contribution in [0.15, 0.2) is 36.5 Å². The smallest absolute Gasteiger partial charge is 0.306 e. The van der Waals surface area contributed by atoms with Crippen molar-refractivity contribution in [2.75, 3.05) is 11.9 Å². The van der Waals surface area contributed by atoms with Crippen LogP contribution in [0.2, 0.25) is 10.0 Å². The standard InChI is InChI=1S/C20H17Cl2N3O5/c1-11(18(27)24-17-15(22)9-12(21)10-23-17)30-16(26)7-4-8-25-19(28)13-5-2-3-6-14(13)20(25)29/h2-3,5-6,9-11H,4,7-8H2,1H3,(H,23,24,27)/t11-/m1/s1. The molecule has 3 rings (SSSR count). The molecule has 10 heteroatoms. The van der Waals surface area contributed by atoms with Crippen molar-refractivity contribution in [3.8, 4) is 0 Å². The van der Waals surface area contributed by atoms with Gasteiger partial charge >= 0.3 is 5.97 Å². The third-order valence-electron chi connectivity index (χ3n) is 4.37. The molecule has 3 amide bonds. The van der Waals surface area contributed by atoms with E-state index in [1.807, 2.05) is 0 Å². The van der Waals surface area contributed by atoms with Gasteiger partial charge in [0.2, 0.25) is 0 Å². The lowest BCUT2D eigenvalue weighted by atomic mass is 10.1. The van der Waals surface area contributed by atoms with Gasteiger partial charge in [-0.15, -0.1) is 0 Å². The SMILES string of the molecule is C[C@@H](OC(=O)CCCN1C(=O)c2ccccc2C1=O)C(=O)Nc1ncc(Cl)cc1Cl. The number of halogens is 2. The molecule has 0 fully saturated rings. The number of ether oxygens (including phenoxy) is 1. The summed E-state index contributed by atoms with van der Waals surface area (Å²) < 4.78 is 5.09. The Bertz CT molecular complexity index is 992. The number of hydrogen-bond acceptors (Lipinski definition) is 6. The van der Waals surface area contributed by atoms with Crippen molar-refractivity contribution in [1.29, 1.82) is 0 Å². The molecule has 1 aliphatic rings. The number of hydrogen-bond donors (Lipinski definition) is 1. The molecule has 1 aliphatic heterocycles. The Morgan fingerprint density at radius 2 is 1.80 bits per heavy atom. The summed E-state index contributed by atoms with van der Waals surface area (Å²) in [5.74, 6) is -1.92. The summed E-state index contributed by atoms with van der Waals surface area (Å²) in [6, 6.07) is 7.97. The molecule has 8 nitrogen and oxygen atoms in total. The van der Waals surface area contributed by atoms with E-state index in [0.717, 1.165) is 4.90 Å². The van der Waals surface area contributed by atoms with Crippen LogP contribution in [0.5, 0.6) is 0 Å². The molecule has 1 aromatic carbocycles. The van der Waals surface area contributed by atoms with Crippen LogP contribution in [0, 0.1) is 0 Å². The monoisotopic (exact) mass is 449 g/mol. The first kappa shape index (κ1) is 21.7. The van der Waals surface area contributed by atoms with Crippen molar-refractivity contribution >= 4 is 52.7 Å². The number of esters is 1. The van der Waals surface area contributed by atoms with E-state index in [9.17, 15) is 19.2 Å². The van der Waals surface area contributed by atoms with Gasteiger partial charge in [0.15, 0.2) is 11.9 Å². The fourth-order valence-electron chi connectivity index (χ4n) is 2.86. The molecule has 0 radical (unpaired) electrons. The molecule has 0 saturated heterocycles. The third-order valence-corrected chi connectivity index (χ3v) is 4.86. The quantitative estimate of drug-likeness (QED) is 0.513. The van der Waals surface area contributed by atoms with E-state index < -0.39 is 18.0 Å². The second-order valence-corrected chi connectivity index (χ2v) is 7.36. The van der Waals surface area contributed by atoms with Gasteiger partial charge in [0.1, 0.15) is 0 Å². The second kappa shape index (κ2) is 9.23. The highest BCUT2D eigenvalue weighted by atomic mass is 35.5. The van der Waals surface area contributed by atoms with E-state index in [4.69, 9.17) is 27.9 Å². The number of nitrogens with one attached hydrogen (secondary N) is 1. The van der Waals surface area contributed by atoms with Crippen LogP contribution in [-0.2, 0) is 14.3 Å². The molecule has 0 spiro atoms. The maximum absolute atomic E-state index is 12.3. The number of nitrogens with zero attached hydrogens (tertiary/aromatic N) is 2. The van der Waals surface area contributed by atoms with Gasteiger partial charge in [-0.3, -0.25) is 24.1 Å². The minimum atomic E-state index is -1.09. The Kier molecular flexibility index (Phi) is 6.69. The number of rotatable bonds is 7. The van der Waals surface area contributed by atoms with Gasteiger partial charge in [0.05, 0.1) is 21.2 Å². The Labute approximate surface area is 182 Å². The van der Waals surface area contributed by atoms with Gasteiger partial charge in [-0.05, 0) is 31.5 Å². The molecule has 0 unspecified atom stereocenters. The predicted octanol–water partition coefficient (Wildman–Crippen LogP) is 3.34. The summed E-state index contributed by atoms with van der Waals surface area (Å²) in [5.41, 5.74) is 0.703. The number of imide groups is 1. The zero-order valence-electron chi connectivity index (χ0n) is 15.9. The largest absolute Gasteiger partial charge is 0.453 e. The summed E-state index contributed by atoms with van der Waals surface area (Å²) >= 11 is 11.7. The number of aromatic nitrogens is 1. The van der Waals surface area contributed by atoms with Crippen LogP contribution >= 0.6 is 23.2 Å². The lowest BCUT2D eigenvalue weighted by Gasteiger charge is -2.15. The lowest BCUT2D eigenvalue weighted by Crippen LogP contribution is -2.32. The maximum atomic E-state index is 12.3. The Morgan fingerprint density at radius 3 is 2.40 bits per heavy atom. The van der Waals surface area contributed by atoms with E-state index >= 15 is 0 Å². The van der Waals surface area contributed by atoms with Crippen LogP contribution in [0.3, 0.4) is 0 Å². The number of fused-ring (bicyclic) bond motifs is 1. The fraction of sp³-hybridized carbons (Fsp3) is 0.250. The van der Waals surface area contributed by atoms with E-state index in [2.05, 4.69) is 10.3 Å². The Balaban J connectivity index is 1.46. The van der Waals surface area contributed by atoms with Crippen molar-refractivity contribution in [2.24, 2.45) is 0 Å². The van der Waals surface area contributed by atoms with Crippen LogP contribution in [0.4, 0.5) is 5.82 Å². The van der Waals surface area contributed by atoms with Crippen LogP contribution in [0.25, 0.3) is 0 Å². The highest BCUT2D eigenvalue weighted by Gasteiger charge is 2.34. The summed E-state index contributed by atoms with van der Waals surface area (Å²) in [6.07, 6.45) is 0.373. The molecule has 156 valence electrons. The molecule has 2 heterocycles. The molecule has 0 saturated carbocycles. The van der Waals surface area contributed by atoms with Crippen LogP contribution < -0.4 is 5.32 Å². The van der Waals surface area contributed by atoms with Crippen LogP contribution in [-0.4, -0.2) is 46.2 Å². The highest BCUT2D eigenvalue weighted by molar-refractivity contribution is 6.36. The molecular formula is C20H17Cl2N3O5. The number of benzene rings is 1. The molecule has 2 aromatic rings. The topological polar surface area (TPSA) is 106 Å². The highest BCUT2D eigenvalue weighted by Crippen LogP contribution is 2.24. The zero-order valence-corrected chi connectivity index (χ0v) is 17.4. The Morgan fingerprint density at radius 1 is 1.17 bits per heavy atom. The molecular weight excluding hydrogens is 433 g/mol. The van der Waals surface area contributed by atoms with Crippen molar-refractivity contribution < 1.29 is 23.9 Å². The fourth-order valence-corrected chi connectivity index (χ4v) is 3.29. The summed E-state index contributed by atoms with van der Waals surface area (Å²) in [4.78, 5) is 53.8. The number of anilines is 1. The predicted molar refractivity (Wildman–Crippen MR) is 109 cm³/mol. The van der Waals surface area contributed by atoms with Gasteiger partial charge in [-0.1, -0.05) is 35.3 Å². The van der Waals surface area contributed by atoms with Crippen LogP contribution in [0.1, 0.15) is 40.5 Å². The molecule has 30 heavy (non-hydrogen) atoms. The van der Waals surface area contributed by atoms with Crippen molar-refractivity contribution in [2.45, 2.75) is 25.9 Å². The van der Waals surface area contributed by atoms with Gasteiger partial charge < -0.3 is 10.1 Å². The van der Waals surface area contributed by atoms with E-state index in [1.54, 1.807) is 24.3 Å². The summed E-state index contributed by atoms with van der Waals surface area (Å²) in [5, 5.41) is 2.91. The van der Waals surface area contributed by atoms with Crippen molar-refractivity contribution in [3.05, 3.63) is 57.7 Å². The molecule has 1 N–H and O–H groups in total. The second-order valence-electron chi connectivity index (χ2n) is 6.52. The first-order valence-electron chi connectivity index (χ1n) is 9.04. The number of pyridine rings is 1. The molecule has 1 aromatic heterocycles. The minimum Gasteiger partial charge on any atom is -0.453 e. The number of carbonyl (C=O) groups excluding carboxylic acids is 4. The number of amides is 3. The third kappa shape index (κ3) is 4.77. The maximum Gasteiger partial charge on any atom is 0.306 e. The average Bonchev–Trinajstić information content (AvgIpc) is 2.95. The molecule has 0 bridgehead atoms. The van der Waals surface area contributed by atoms with E-state index in [1.165, 1.54) is 19.2 Å². The van der Waals surface area contributed by atoms with Crippen molar-refractivity contribution in [1.82, 2.24) is 9.88 Å². The molecule has 0 aliphatic carbocycles. The van der Waals surface area contributed by atoms with Gasteiger partial charge in [-0.2, -0.15) is 0 Å². The lowest BCUT2D eigenvalue weighted by molar-refractivity contribution is -0.153. The molecule has 1 atom stereocenters. The summed E-state index contributed by atoms with van der Waals surface area (Å²) in [6.45, 7) is 1.48. The number of carbonyl (C=O) groups is 4. The van der Waals surface area contributed by atoms with Crippen molar-refractivity contribution in [3.63, 3.8) is 0 Å². The van der Waals surface area contributed by atoms with Gasteiger partial charge in [0.25, 0.3) is 17.7 Å². The van der Waals surface area contributed by atoms with Gasteiger partial charge in [-0.25, -0.2) is 4.98 Å². The van der Waals surface area contributed by atoms with E-state index in [-0.39, 0.29) is 42.0 Å². The minimum absolute atomic E-state index is 0.0645. The zero-order chi connectivity index (χ0) is 21.8. The summed E-state index contributed by atoms with van der Waals surface area (Å²) in [7, 11) is 0. The van der Waals surface area contributed by atoms with Gasteiger partial charge in [0, 0.05) is 19.2 Å². The normalized spacial score (nSPS) is 13.8. The Hall–Kier alpha value is -2.97. The van der Waals surface area contributed by atoms with E-state index in [0.29, 0.717) is 16.1 Å².